The zero-order chi connectivity index (χ0) is 20.7. The van der Waals surface area contributed by atoms with Crippen molar-refractivity contribution in [3.05, 3.63) is 51.4 Å². The number of thiophene rings is 1. The third kappa shape index (κ3) is 3.13. The van der Waals surface area contributed by atoms with Gasteiger partial charge >= 0.3 is 5.97 Å². The standard InChI is InChI=1S/C21H20N2O5S/c1-11(23-19(25)12-7-3-4-8-13(12)20(23)26)17(24)22-18-16(21(27)28-2)14-9-5-6-10-15(14)29-18/h3-4,7-8,11H,5-6,9-10H2,1-2H3,(H,22,24)/t11-/m1/s1. The first-order valence-electron chi connectivity index (χ1n) is 9.44. The summed E-state index contributed by atoms with van der Waals surface area (Å²) in [6, 6.07) is 5.48. The van der Waals surface area contributed by atoms with Crippen LogP contribution in [-0.2, 0) is 22.4 Å². The second kappa shape index (κ2) is 7.44. The molecular formula is C21H20N2O5S. The molecule has 0 radical (unpaired) electrons. The second-order valence-corrected chi connectivity index (χ2v) is 8.20. The molecule has 3 amide bonds. The maximum absolute atomic E-state index is 12.9. The van der Waals surface area contributed by atoms with Crippen molar-refractivity contribution in [3.63, 3.8) is 0 Å². The third-order valence-corrected chi connectivity index (χ3v) is 6.60. The highest BCUT2D eigenvalue weighted by molar-refractivity contribution is 7.17. The highest BCUT2D eigenvalue weighted by atomic mass is 32.1. The summed E-state index contributed by atoms with van der Waals surface area (Å²) < 4.78 is 4.92. The van der Waals surface area contributed by atoms with Crippen molar-refractivity contribution in [1.29, 1.82) is 0 Å². The number of anilines is 1. The first kappa shape index (κ1) is 19.3. The summed E-state index contributed by atoms with van der Waals surface area (Å²) >= 11 is 1.36. The van der Waals surface area contributed by atoms with E-state index in [0.29, 0.717) is 21.7 Å². The molecule has 1 N–H and O–H groups in total. The van der Waals surface area contributed by atoms with Gasteiger partial charge in [0, 0.05) is 4.88 Å². The highest BCUT2D eigenvalue weighted by Gasteiger charge is 2.41. The number of imide groups is 1. The molecule has 2 aromatic rings. The number of methoxy groups -OCH3 is 1. The van der Waals surface area contributed by atoms with Crippen LogP contribution < -0.4 is 5.32 Å². The number of carbonyl (C=O) groups excluding carboxylic acids is 4. The van der Waals surface area contributed by atoms with Crippen LogP contribution in [0.1, 0.15) is 61.3 Å². The molecule has 0 bridgehead atoms. The van der Waals surface area contributed by atoms with Crippen LogP contribution >= 0.6 is 11.3 Å². The van der Waals surface area contributed by atoms with Gasteiger partial charge in [0.25, 0.3) is 11.8 Å². The first-order valence-corrected chi connectivity index (χ1v) is 10.3. The highest BCUT2D eigenvalue weighted by Crippen LogP contribution is 2.38. The van der Waals surface area contributed by atoms with E-state index in [2.05, 4.69) is 5.32 Å². The van der Waals surface area contributed by atoms with Gasteiger partial charge in [0.15, 0.2) is 0 Å². The molecule has 0 unspecified atom stereocenters. The summed E-state index contributed by atoms with van der Waals surface area (Å²) in [6.07, 6.45) is 3.63. The number of nitrogens with one attached hydrogen (secondary N) is 1. The van der Waals surface area contributed by atoms with Gasteiger partial charge in [-0.25, -0.2) is 4.79 Å². The molecule has 0 saturated heterocycles. The monoisotopic (exact) mass is 412 g/mol. The van der Waals surface area contributed by atoms with E-state index in [1.807, 2.05) is 0 Å². The minimum atomic E-state index is -1.02. The van der Waals surface area contributed by atoms with Crippen LogP contribution in [0.4, 0.5) is 5.00 Å². The normalized spacial score (nSPS) is 16.3. The minimum Gasteiger partial charge on any atom is -0.465 e. The van der Waals surface area contributed by atoms with Crippen molar-refractivity contribution in [2.75, 3.05) is 12.4 Å². The van der Waals surface area contributed by atoms with Crippen LogP contribution in [0.5, 0.6) is 0 Å². The van der Waals surface area contributed by atoms with Crippen molar-refractivity contribution in [2.24, 2.45) is 0 Å². The molecule has 1 aromatic heterocycles. The number of fused-ring (bicyclic) bond motifs is 2. The smallest absolute Gasteiger partial charge is 0.341 e. The second-order valence-electron chi connectivity index (χ2n) is 7.10. The lowest BCUT2D eigenvalue weighted by atomic mass is 9.95. The Bertz CT molecular complexity index is 1010. The lowest BCUT2D eigenvalue weighted by Gasteiger charge is -2.21. The van der Waals surface area contributed by atoms with Gasteiger partial charge in [-0.15, -0.1) is 11.3 Å². The number of nitrogens with zero attached hydrogens (tertiary/aromatic N) is 1. The van der Waals surface area contributed by atoms with Gasteiger partial charge in [0.1, 0.15) is 11.0 Å². The van der Waals surface area contributed by atoms with E-state index in [9.17, 15) is 19.2 Å². The molecule has 0 saturated carbocycles. The van der Waals surface area contributed by atoms with Crippen LogP contribution in [0.15, 0.2) is 24.3 Å². The number of amides is 3. The Kier molecular flexibility index (Phi) is 4.96. The van der Waals surface area contributed by atoms with Crippen LogP contribution in [0.2, 0.25) is 0 Å². The molecule has 0 spiro atoms. The average molecular weight is 412 g/mol. The van der Waals surface area contributed by atoms with E-state index in [1.165, 1.54) is 25.4 Å². The van der Waals surface area contributed by atoms with E-state index in [4.69, 9.17) is 4.74 Å². The maximum atomic E-state index is 12.9. The van der Waals surface area contributed by atoms with Gasteiger partial charge in [0.2, 0.25) is 5.91 Å². The Balaban J connectivity index is 1.61. The fourth-order valence-electron chi connectivity index (χ4n) is 3.87. The van der Waals surface area contributed by atoms with E-state index in [-0.39, 0.29) is 0 Å². The van der Waals surface area contributed by atoms with Crippen LogP contribution in [-0.4, -0.2) is 41.7 Å². The molecule has 8 heteroatoms. The summed E-state index contributed by atoms with van der Waals surface area (Å²) in [5, 5.41) is 3.17. The van der Waals surface area contributed by atoms with Crippen LogP contribution in [0.25, 0.3) is 0 Å². The first-order chi connectivity index (χ1) is 13.9. The minimum absolute atomic E-state index is 0.291. The maximum Gasteiger partial charge on any atom is 0.341 e. The molecule has 2 aliphatic rings. The van der Waals surface area contributed by atoms with Crippen molar-refractivity contribution in [2.45, 2.75) is 38.6 Å². The Labute approximate surface area is 171 Å². The molecule has 1 aliphatic heterocycles. The summed E-state index contributed by atoms with van der Waals surface area (Å²) in [4.78, 5) is 52.6. The molecule has 0 fully saturated rings. The number of hydrogen-bond donors (Lipinski definition) is 1. The third-order valence-electron chi connectivity index (χ3n) is 5.39. The number of esters is 1. The predicted molar refractivity (Wildman–Crippen MR) is 107 cm³/mol. The number of ether oxygens (including phenoxy) is 1. The lowest BCUT2D eigenvalue weighted by Crippen LogP contribution is -2.45. The SMILES string of the molecule is COC(=O)c1c(NC(=O)[C@@H](C)N2C(=O)c3ccccc3C2=O)sc2c1CCCC2. The number of hydrogen-bond acceptors (Lipinski definition) is 6. The number of benzene rings is 1. The zero-order valence-corrected chi connectivity index (χ0v) is 16.9. The number of carbonyl (C=O) groups is 4. The molecular weight excluding hydrogens is 392 g/mol. The van der Waals surface area contributed by atoms with Gasteiger partial charge in [0.05, 0.1) is 23.8 Å². The van der Waals surface area contributed by atoms with Gasteiger partial charge in [-0.3, -0.25) is 19.3 Å². The summed E-state index contributed by atoms with van der Waals surface area (Å²) in [7, 11) is 1.31. The van der Waals surface area contributed by atoms with E-state index in [0.717, 1.165) is 41.0 Å². The summed E-state index contributed by atoms with van der Waals surface area (Å²) in [5.74, 6) is -2.00. The topological polar surface area (TPSA) is 92.8 Å². The molecule has 150 valence electrons. The quantitative estimate of drug-likeness (QED) is 0.616. The lowest BCUT2D eigenvalue weighted by molar-refractivity contribution is -0.119. The Morgan fingerprint density at radius 2 is 1.72 bits per heavy atom. The van der Waals surface area contributed by atoms with Crippen molar-refractivity contribution in [3.8, 4) is 0 Å². The molecule has 29 heavy (non-hydrogen) atoms. The Hall–Kier alpha value is -3.00. The molecule has 1 aliphatic carbocycles. The van der Waals surface area contributed by atoms with Gasteiger partial charge in [-0.2, -0.15) is 0 Å². The largest absolute Gasteiger partial charge is 0.465 e. The average Bonchev–Trinajstić information content (AvgIpc) is 3.22. The number of aryl methyl sites for hydroxylation is 1. The fraction of sp³-hybridized carbons (Fsp3) is 0.333. The zero-order valence-electron chi connectivity index (χ0n) is 16.1. The summed E-state index contributed by atoms with van der Waals surface area (Å²) in [6.45, 7) is 1.50. The fourth-order valence-corrected chi connectivity index (χ4v) is 5.15. The molecule has 7 nitrogen and oxygen atoms in total. The Morgan fingerprint density at radius 3 is 2.34 bits per heavy atom. The van der Waals surface area contributed by atoms with Gasteiger partial charge in [-0.1, -0.05) is 12.1 Å². The number of rotatable bonds is 4. The summed E-state index contributed by atoms with van der Waals surface area (Å²) in [5.41, 5.74) is 1.89. The van der Waals surface area contributed by atoms with Crippen molar-refractivity contribution < 1.29 is 23.9 Å². The van der Waals surface area contributed by atoms with Crippen LogP contribution in [0, 0.1) is 0 Å². The van der Waals surface area contributed by atoms with Gasteiger partial charge in [-0.05, 0) is 50.3 Å². The van der Waals surface area contributed by atoms with E-state index >= 15 is 0 Å². The van der Waals surface area contributed by atoms with Crippen molar-refractivity contribution in [1.82, 2.24) is 4.90 Å². The Morgan fingerprint density at radius 1 is 1.10 bits per heavy atom. The van der Waals surface area contributed by atoms with Crippen molar-refractivity contribution >= 4 is 40.0 Å². The molecule has 1 aromatic carbocycles. The molecule has 2 heterocycles. The molecule has 1 atom stereocenters. The predicted octanol–water partition coefficient (Wildman–Crippen LogP) is 3.04. The van der Waals surface area contributed by atoms with E-state index < -0.39 is 29.7 Å². The van der Waals surface area contributed by atoms with Crippen LogP contribution in [0.3, 0.4) is 0 Å². The molecule has 4 rings (SSSR count). The van der Waals surface area contributed by atoms with Gasteiger partial charge < -0.3 is 10.1 Å². The van der Waals surface area contributed by atoms with E-state index in [1.54, 1.807) is 24.3 Å².